The van der Waals surface area contributed by atoms with Crippen LogP contribution in [0.15, 0.2) is 0 Å². The molecule has 0 atom stereocenters. The van der Waals surface area contributed by atoms with Crippen LogP contribution in [0.3, 0.4) is 0 Å². The topological polar surface area (TPSA) is 29.3 Å². The molecule has 0 amide bonds. The number of hydrogen-bond acceptors (Lipinski definition) is 3. The van der Waals surface area contributed by atoms with Gasteiger partial charge in [0, 0.05) is 36.7 Å². The molecule has 0 aromatic carbocycles. The number of thioether (sulfide) groups is 1. The molecule has 1 aliphatic carbocycles. The van der Waals surface area contributed by atoms with Crippen molar-refractivity contribution in [2.45, 2.75) is 37.8 Å². The molecule has 2 fully saturated rings. The molecule has 2 nitrogen and oxygen atoms in total. The third-order valence-electron chi connectivity index (χ3n) is 3.30. The van der Waals surface area contributed by atoms with Gasteiger partial charge in [0.2, 0.25) is 0 Å². The van der Waals surface area contributed by atoms with Gasteiger partial charge in [0.25, 0.3) is 0 Å². The number of rotatable bonds is 1. The fourth-order valence-electron chi connectivity index (χ4n) is 2.41. The molecule has 1 saturated heterocycles. The minimum Gasteiger partial charge on any atom is -0.328 e. The van der Waals surface area contributed by atoms with Crippen molar-refractivity contribution in [1.29, 1.82) is 0 Å². The van der Waals surface area contributed by atoms with Crippen LogP contribution in [-0.4, -0.2) is 41.6 Å². The van der Waals surface area contributed by atoms with E-state index in [1.165, 1.54) is 50.3 Å². The molecule has 13 heavy (non-hydrogen) atoms. The van der Waals surface area contributed by atoms with Crippen LogP contribution in [0.4, 0.5) is 0 Å². The number of nitrogens with two attached hydrogens (primary N) is 1. The van der Waals surface area contributed by atoms with E-state index < -0.39 is 0 Å². The van der Waals surface area contributed by atoms with Gasteiger partial charge >= 0.3 is 0 Å². The Labute approximate surface area is 85.2 Å². The zero-order valence-corrected chi connectivity index (χ0v) is 9.06. The van der Waals surface area contributed by atoms with Gasteiger partial charge in [-0.1, -0.05) is 0 Å². The summed E-state index contributed by atoms with van der Waals surface area (Å²) in [6.45, 7) is 2.62. The summed E-state index contributed by atoms with van der Waals surface area (Å²) in [6, 6.07) is 1.36. The Hall–Kier alpha value is 0.270. The summed E-state index contributed by atoms with van der Waals surface area (Å²) in [5.74, 6) is 2.67. The molecule has 2 rings (SSSR count). The molecule has 0 aromatic heterocycles. The van der Waals surface area contributed by atoms with Crippen molar-refractivity contribution in [3.63, 3.8) is 0 Å². The Bertz CT molecular complexity index is 149. The molecular formula is C10H20N2S. The highest BCUT2D eigenvalue weighted by atomic mass is 32.2. The van der Waals surface area contributed by atoms with E-state index in [0.717, 1.165) is 6.04 Å². The molecule has 3 heteroatoms. The zero-order chi connectivity index (χ0) is 9.10. The summed E-state index contributed by atoms with van der Waals surface area (Å²) in [6.07, 6.45) is 5.17. The van der Waals surface area contributed by atoms with Crippen LogP contribution in [0.1, 0.15) is 25.7 Å². The lowest BCUT2D eigenvalue weighted by atomic mass is 9.91. The van der Waals surface area contributed by atoms with Crippen molar-refractivity contribution in [2.75, 3.05) is 24.6 Å². The summed E-state index contributed by atoms with van der Waals surface area (Å²) in [5, 5.41) is 0. The number of hydrogen-bond donors (Lipinski definition) is 1. The van der Waals surface area contributed by atoms with Crippen molar-refractivity contribution in [2.24, 2.45) is 5.73 Å². The predicted octanol–water partition coefficient (Wildman–Crippen LogP) is 1.31. The SMILES string of the molecule is NC1CCC(N2CCSCC2)CC1. The Balaban J connectivity index is 1.79. The summed E-state index contributed by atoms with van der Waals surface area (Å²) in [4.78, 5) is 2.68. The molecule has 0 unspecified atom stereocenters. The first-order valence-electron chi connectivity index (χ1n) is 5.43. The van der Waals surface area contributed by atoms with E-state index in [9.17, 15) is 0 Å². The van der Waals surface area contributed by atoms with Gasteiger partial charge < -0.3 is 5.73 Å². The monoisotopic (exact) mass is 200 g/mol. The summed E-state index contributed by atoms with van der Waals surface area (Å²) in [5.41, 5.74) is 5.90. The molecule has 1 saturated carbocycles. The second-order valence-corrected chi connectivity index (χ2v) is 5.44. The maximum absolute atomic E-state index is 5.90. The minimum absolute atomic E-state index is 0.496. The van der Waals surface area contributed by atoms with Crippen LogP contribution < -0.4 is 5.73 Å². The van der Waals surface area contributed by atoms with Gasteiger partial charge in [-0.25, -0.2) is 0 Å². The molecule has 0 radical (unpaired) electrons. The standard InChI is InChI=1S/C10H20N2S/c11-9-1-3-10(4-2-9)12-5-7-13-8-6-12/h9-10H,1-8,11H2. The fourth-order valence-corrected chi connectivity index (χ4v) is 3.34. The quantitative estimate of drug-likeness (QED) is 0.692. The molecule has 2 aliphatic rings. The molecule has 0 bridgehead atoms. The lowest BCUT2D eigenvalue weighted by molar-refractivity contribution is 0.164. The minimum atomic E-state index is 0.496. The maximum atomic E-state index is 5.90. The van der Waals surface area contributed by atoms with Gasteiger partial charge in [-0.2, -0.15) is 11.8 Å². The van der Waals surface area contributed by atoms with Crippen molar-refractivity contribution < 1.29 is 0 Å². The van der Waals surface area contributed by atoms with E-state index in [4.69, 9.17) is 5.73 Å². The second-order valence-electron chi connectivity index (χ2n) is 4.22. The third kappa shape index (κ3) is 2.61. The molecule has 1 aliphatic heterocycles. The van der Waals surface area contributed by atoms with E-state index >= 15 is 0 Å². The summed E-state index contributed by atoms with van der Waals surface area (Å²) in [7, 11) is 0. The summed E-state index contributed by atoms with van der Waals surface area (Å²) >= 11 is 2.10. The maximum Gasteiger partial charge on any atom is 0.00970 e. The van der Waals surface area contributed by atoms with Crippen LogP contribution in [0.5, 0.6) is 0 Å². The molecular weight excluding hydrogens is 180 g/mol. The van der Waals surface area contributed by atoms with Gasteiger partial charge in [-0.3, -0.25) is 4.90 Å². The predicted molar refractivity (Wildman–Crippen MR) is 59.1 cm³/mol. The lowest BCUT2D eigenvalue weighted by Crippen LogP contribution is -2.44. The third-order valence-corrected chi connectivity index (χ3v) is 4.25. The van der Waals surface area contributed by atoms with Crippen molar-refractivity contribution in [3.05, 3.63) is 0 Å². The zero-order valence-electron chi connectivity index (χ0n) is 8.24. The highest BCUT2D eigenvalue weighted by molar-refractivity contribution is 7.99. The largest absolute Gasteiger partial charge is 0.328 e. The van der Waals surface area contributed by atoms with E-state index in [1.54, 1.807) is 0 Å². The van der Waals surface area contributed by atoms with Gasteiger partial charge in [-0.15, -0.1) is 0 Å². The average molecular weight is 200 g/mol. The van der Waals surface area contributed by atoms with Crippen LogP contribution in [0.25, 0.3) is 0 Å². The van der Waals surface area contributed by atoms with E-state index in [-0.39, 0.29) is 0 Å². The molecule has 76 valence electrons. The first-order valence-corrected chi connectivity index (χ1v) is 6.59. The average Bonchev–Trinajstić information content (AvgIpc) is 2.20. The van der Waals surface area contributed by atoms with Crippen molar-refractivity contribution >= 4 is 11.8 Å². The Morgan fingerprint density at radius 2 is 1.62 bits per heavy atom. The normalized spacial score (nSPS) is 37.6. The Morgan fingerprint density at radius 1 is 1.00 bits per heavy atom. The van der Waals surface area contributed by atoms with Gasteiger partial charge in [0.05, 0.1) is 0 Å². The Kier molecular flexibility index (Phi) is 3.52. The van der Waals surface area contributed by atoms with Crippen LogP contribution in [0.2, 0.25) is 0 Å². The molecule has 2 N–H and O–H groups in total. The van der Waals surface area contributed by atoms with E-state index in [0.29, 0.717) is 6.04 Å². The van der Waals surface area contributed by atoms with E-state index in [1.807, 2.05) is 0 Å². The smallest absolute Gasteiger partial charge is 0.00970 e. The fraction of sp³-hybridized carbons (Fsp3) is 1.00. The van der Waals surface area contributed by atoms with Crippen molar-refractivity contribution in [1.82, 2.24) is 4.90 Å². The Morgan fingerprint density at radius 3 is 2.23 bits per heavy atom. The van der Waals surface area contributed by atoms with Crippen LogP contribution in [-0.2, 0) is 0 Å². The lowest BCUT2D eigenvalue weighted by Gasteiger charge is -2.37. The van der Waals surface area contributed by atoms with Crippen LogP contribution in [0, 0.1) is 0 Å². The number of nitrogens with zero attached hydrogens (tertiary/aromatic N) is 1. The highest BCUT2D eigenvalue weighted by Gasteiger charge is 2.24. The molecule has 0 spiro atoms. The van der Waals surface area contributed by atoms with Crippen LogP contribution >= 0.6 is 11.8 Å². The van der Waals surface area contributed by atoms with Gasteiger partial charge in [0.1, 0.15) is 0 Å². The van der Waals surface area contributed by atoms with E-state index in [2.05, 4.69) is 16.7 Å². The highest BCUT2D eigenvalue weighted by Crippen LogP contribution is 2.24. The second kappa shape index (κ2) is 4.67. The molecule has 0 aromatic rings. The van der Waals surface area contributed by atoms with Gasteiger partial charge in [0.15, 0.2) is 0 Å². The van der Waals surface area contributed by atoms with Gasteiger partial charge in [-0.05, 0) is 25.7 Å². The molecule has 1 heterocycles. The first kappa shape index (κ1) is 9.81. The summed E-state index contributed by atoms with van der Waals surface area (Å²) < 4.78 is 0. The van der Waals surface area contributed by atoms with Crippen molar-refractivity contribution in [3.8, 4) is 0 Å². The first-order chi connectivity index (χ1) is 6.36.